The number of rotatable bonds is 9. The molecule has 0 bridgehead atoms. The molecule has 5 rings (SSSR count). The molecule has 3 aromatic rings. The number of nitrogens with one attached hydrogen (secondary N) is 1. The third-order valence-corrected chi connectivity index (χ3v) is 10.5. The van der Waals surface area contributed by atoms with Crippen molar-refractivity contribution in [1.29, 1.82) is 0 Å². The predicted molar refractivity (Wildman–Crippen MR) is 183 cm³/mol. The van der Waals surface area contributed by atoms with Gasteiger partial charge < -0.3 is 33.5 Å². The number of aryl methyl sites for hydroxylation is 2. The minimum atomic E-state index is -4.07. The van der Waals surface area contributed by atoms with Crippen LogP contribution in [0.2, 0.25) is 0 Å². The Balaban J connectivity index is 1.41. The summed E-state index contributed by atoms with van der Waals surface area (Å²) in [4.78, 5) is 18.2. The lowest BCUT2D eigenvalue weighted by Crippen LogP contribution is -2.47. The van der Waals surface area contributed by atoms with Crippen LogP contribution in [-0.4, -0.2) is 92.8 Å². The van der Waals surface area contributed by atoms with Crippen LogP contribution in [0.5, 0.6) is 17.2 Å². The number of amides is 1. The van der Waals surface area contributed by atoms with E-state index in [-0.39, 0.29) is 65.7 Å². The van der Waals surface area contributed by atoms with Crippen molar-refractivity contribution < 1.29 is 41.8 Å². The molecule has 2 aliphatic rings. The molecule has 13 nitrogen and oxygen atoms in total. The van der Waals surface area contributed by atoms with E-state index >= 15 is 0 Å². The number of nitrogens with zero attached hydrogens (tertiary/aromatic N) is 3. The summed E-state index contributed by atoms with van der Waals surface area (Å²) >= 11 is 0. The minimum Gasteiger partial charge on any atom is -0.490 e. The van der Waals surface area contributed by atoms with Crippen molar-refractivity contribution >= 4 is 21.6 Å². The van der Waals surface area contributed by atoms with E-state index in [0.29, 0.717) is 25.4 Å². The van der Waals surface area contributed by atoms with Gasteiger partial charge in [0.15, 0.2) is 22.2 Å². The van der Waals surface area contributed by atoms with Crippen LogP contribution in [0.3, 0.4) is 0 Å². The maximum atomic E-state index is 14.4. The van der Waals surface area contributed by atoms with Crippen molar-refractivity contribution in [1.82, 2.24) is 15.0 Å². The molecule has 1 aromatic heterocycles. The van der Waals surface area contributed by atoms with Crippen LogP contribution in [0.4, 0.5) is 5.69 Å². The molecule has 0 fully saturated rings. The molecule has 14 heteroatoms. The third-order valence-electron chi connectivity index (χ3n) is 8.92. The van der Waals surface area contributed by atoms with Gasteiger partial charge in [-0.2, -0.15) is 0 Å². The molecule has 0 saturated heterocycles. The summed E-state index contributed by atoms with van der Waals surface area (Å²) in [5.74, 6) is 1.46. The van der Waals surface area contributed by atoms with Gasteiger partial charge in [-0.15, -0.1) is 0 Å². The van der Waals surface area contributed by atoms with Crippen molar-refractivity contribution in [2.45, 2.75) is 83.6 Å². The number of fused-ring (bicyclic) bond motifs is 2. The van der Waals surface area contributed by atoms with E-state index in [2.05, 4.69) is 14.8 Å². The highest BCUT2D eigenvalue weighted by molar-refractivity contribution is 7.92. The summed E-state index contributed by atoms with van der Waals surface area (Å²) in [7, 11) is -2.04. The smallest absolute Gasteiger partial charge is 0.267 e. The third kappa shape index (κ3) is 8.85. The maximum Gasteiger partial charge on any atom is 0.267 e. The first kappa shape index (κ1) is 36.4. The second kappa shape index (κ2) is 15.8. The Morgan fingerprint density at radius 1 is 1.08 bits per heavy atom. The van der Waals surface area contributed by atoms with Crippen LogP contribution >= 0.6 is 0 Å². The Bertz CT molecular complexity index is 1690. The van der Waals surface area contributed by atoms with Gasteiger partial charge in [-0.1, -0.05) is 18.1 Å². The van der Waals surface area contributed by atoms with Crippen molar-refractivity contribution in [3.05, 3.63) is 59.0 Å². The second-order valence-corrected chi connectivity index (χ2v) is 14.8. The number of aliphatic hydroxyl groups is 1. The van der Waals surface area contributed by atoms with E-state index < -0.39 is 22.0 Å². The first-order valence-corrected chi connectivity index (χ1v) is 18.2. The molecule has 0 aliphatic carbocycles. The number of sulfonamides is 1. The molecule has 49 heavy (non-hydrogen) atoms. The molecule has 0 saturated carbocycles. The van der Waals surface area contributed by atoms with Crippen molar-refractivity contribution in [2.24, 2.45) is 5.92 Å². The number of ether oxygens (including phenoxy) is 4. The standard InChI is InChI=1S/C35H48N4O9S/c1-22-17-39(23(2)20-40)35(41)29-16-28(37-49(42,43)34-25(4)36-48-26(34)5)11-13-30(29)47-24(3)9-7-8-14-44-33(22)19-38(6)18-27-10-12-31-32(15-27)46-21-45-31/h10-13,15-16,22-24,33,37,40H,7-9,14,17-21H2,1-6H3/t22-,23+,24-,33-/m1/s1. The van der Waals surface area contributed by atoms with Gasteiger partial charge >= 0.3 is 0 Å². The van der Waals surface area contributed by atoms with Crippen molar-refractivity contribution in [3.8, 4) is 17.2 Å². The topological polar surface area (TPSA) is 153 Å². The fourth-order valence-electron chi connectivity index (χ4n) is 6.24. The Morgan fingerprint density at radius 2 is 1.84 bits per heavy atom. The quantitative estimate of drug-likeness (QED) is 0.318. The van der Waals surface area contributed by atoms with Gasteiger partial charge in [-0.25, -0.2) is 8.42 Å². The summed E-state index contributed by atoms with van der Waals surface area (Å²) in [5, 5.41) is 14.0. The minimum absolute atomic E-state index is 0.0531. The predicted octanol–water partition coefficient (Wildman–Crippen LogP) is 4.75. The molecule has 0 unspecified atom stereocenters. The first-order valence-electron chi connectivity index (χ1n) is 16.7. The normalized spacial score (nSPS) is 21.2. The van der Waals surface area contributed by atoms with Gasteiger partial charge in [0.1, 0.15) is 11.4 Å². The lowest BCUT2D eigenvalue weighted by atomic mass is 10.0. The first-order chi connectivity index (χ1) is 23.4. The number of likely N-dealkylation sites (N-methyl/N-ethyl adjacent to an activating group) is 1. The largest absolute Gasteiger partial charge is 0.490 e. The number of benzene rings is 2. The van der Waals surface area contributed by atoms with Crippen molar-refractivity contribution in [2.75, 3.05) is 44.9 Å². The van der Waals surface area contributed by atoms with Crippen LogP contribution in [0.15, 0.2) is 45.8 Å². The number of hydrogen-bond acceptors (Lipinski definition) is 11. The van der Waals surface area contributed by atoms with Crippen LogP contribution in [-0.2, 0) is 21.3 Å². The molecule has 0 spiro atoms. The van der Waals surface area contributed by atoms with E-state index in [1.165, 1.54) is 13.0 Å². The number of carbonyl (C=O) groups excluding carboxylic acids is 1. The lowest BCUT2D eigenvalue weighted by Gasteiger charge is -2.36. The maximum absolute atomic E-state index is 14.4. The van der Waals surface area contributed by atoms with Gasteiger partial charge in [-0.05, 0) is 89.9 Å². The van der Waals surface area contributed by atoms with E-state index in [1.807, 2.05) is 39.1 Å². The Labute approximate surface area is 288 Å². The van der Waals surface area contributed by atoms with E-state index in [9.17, 15) is 18.3 Å². The van der Waals surface area contributed by atoms with Gasteiger partial charge in [-0.3, -0.25) is 14.4 Å². The zero-order valence-corrected chi connectivity index (χ0v) is 29.9. The van der Waals surface area contributed by atoms with Gasteiger partial charge in [0, 0.05) is 37.8 Å². The van der Waals surface area contributed by atoms with Crippen LogP contribution in [0, 0.1) is 19.8 Å². The molecule has 0 radical (unpaired) electrons. The summed E-state index contributed by atoms with van der Waals surface area (Å²) < 4.78 is 58.1. The zero-order valence-electron chi connectivity index (χ0n) is 29.1. The second-order valence-electron chi connectivity index (χ2n) is 13.2. The van der Waals surface area contributed by atoms with Crippen molar-refractivity contribution in [3.63, 3.8) is 0 Å². The molecule has 1 amide bonds. The highest BCUT2D eigenvalue weighted by Crippen LogP contribution is 2.33. The Hall–Kier alpha value is -3.85. The number of aliphatic hydroxyl groups excluding tert-OH is 1. The molecule has 268 valence electrons. The lowest BCUT2D eigenvalue weighted by molar-refractivity contribution is -0.0177. The number of carbonyl (C=O) groups is 1. The van der Waals surface area contributed by atoms with Gasteiger partial charge in [0.25, 0.3) is 15.9 Å². The number of hydrogen-bond donors (Lipinski definition) is 2. The highest BCUT2D eigenvalue weighted by atomic mass is 32.2. The molecule has 4 atom stereocenters. The molecular formula is C35H48N4O9S. The highest BCUT2D eigenvalue weighted by Gasteiger charge is 2.31. The monoisotopic (exact) mass is 700 g/mol. The summed E-state index contributed by atoms with van der Waals surface area (Å²) in [6, 6.07) is 10.1. The van der Waals surface area contributed by atoms with Crippen LogP contribution in [0.1, 0.15) is 67.4 Å². The fraction of sp³-hybridized carbons (Fsp3) is 0.543. The number of aromatic nitrogens is 1. The SMILES string of the molecule is Cc1noc(C)c1S(=O)(=O)Nc1ccc2c(c1)C(=O)N([C@@H](C)CO)C[C@@H](C)[C@@H](CN(C)Cc1ccc3c(c1)OCO3)OCCCC[C@@H](C)O2. The molecular weight excluding hydrogens is 652 g/mol. The molecule has 3 heterocycles. The average Bonchev–Trinajstić information content (AvgIpc) is 3.67. The van der Waals surface area contributed by atoms with Gasteiger partial charge in [0.05, 0.1) is 30.4 Å². The Kier molecular flexibility index (Phi) is 11.7. The summed E-state index contributed by atoms with van der Waals surface area (Å²) in [6.45, 7) is 10.9. The van der Waals surface area contributed by atoms with Crippen LogP contribution in [0.25, 0.3) is 0 Å². The van der Waals surface area contributed by atoms with E-state index in [1.54, 1.807) is 30.9 Å². The molecule has 2 aromatic carbocycles. The number of anilines is 1. The molecule has 2 aliphatic heterocycles. The van der Waals surface area contributed by atoms with Crippen LogP contribution < -0.4 is 18.9 Å². The summed E-state index contributed by atoms with van der Waals surface area (Å²) in [6.07, 6.45) is 2.00. The molecule has 2 N–H and O–H groups in total. The average molecular weight is 701 g/mol. The summed E-state index contributed by atoms with van der Waals surface area (Å²) in [5.41, 5.74) is 1.68. The van der Waals surface area contributed by atoms with Gasteiger partial charge in [0.2, 0.25) is 6.79 Å². The zero-order chi connectivity index (χ0) is 35.3. The Morgan fingerprint density at radius 3 is 2.57 bits per heavy atom. The fourth-order valence-corrected chi connectivity index (χ4v) is 7.62. The van der Waals surface area contributed by atoms with E-state index in [4.69, 9.17) is 23.5 Å². The van der Waals surface area contributed by atoms with E-state index in [0.717, 1.165) is 36.3 Å².